The van der Waals surface area contributed by atoms with Crippen molar-refractivity contribution < 1.29 is 9.90 Å². The molecule has 92 valence electrons. The minimum absolute atomic E-state index is 0.154. The van der Waals surface area contributed by atoms with Crippen molar-refractivity contribution in [2.75, 3.05) is 11.9 Å². The van der Waals surface area contributed by atoms with Crippen LogP contribution >= 0.6 is 0 Å². The molecule has 1 aliphatic heterocycles. The summed E-state index contributed by atoms with van der Waals surface area (Å²) in [6, 6.07) is 9.56. The Kier molecular flexibility index (Phi) is 2.51. The first-order chi connectivity index (χ1) is 8.77. The summed E-state index contributed by atoms with van der Waals surface area (Å²) in [5, 5.41) is 16.7. The van der Waals surface area contributed by atoms with Gasteiger partial charge in [-0.15, -0.1) is 0 Å². The standard InChI is InChI=1S/C13H13N3O2/c17-13(18)11-10-7-4-8-14-12(10)16(15-11)9-5-2-1-3-6-9/h1-3,5-6,14H,4,7-8H2,(H,17,18). The maximum atomic E-state index is 11.2. The van der Waals surface area contributed by atoms with E-state index in [-0.39, 0.29) is 5.69 Å². The summed E-state index contributed by atoms with van der Waals surface area (Å²) in [6.45, 7) is 0.852. The van der Waals surface area contributed by atoms with Crippen molar-refractivity contribution in [3.8, 4) is 5.69 Å². The highest BCUT2D eigenvalue weighted by Gasteiger charge is 2.24. The van der Waals surface area contributed by atoms with Crippen LogP contribution in [0.1, 0.15) is 22.5 Å². The molecular weight excluding hydrogens is 230 g/mol. The van der Waals surface area contributed by atoms with Gasteiger partial charge in [0, 0.05) is 12.1 Å². The fourth-order valence-electron chi connectivity index (χ4n) is 2.27. The lowest BCUT2D eigenvalue weighted by Crippen LogP contribution is -2.14. The molecule has 0 spiro atoms. The number of hydrogen-bond donors (Lipinski definition) is 2. The highest BCUT2D eigenvalue weighted by Crippen LogP contribution is 2.28. The van der Waals surface area contributed by atoms with Crippen molar-refractivity contribution in [1.29, 1.82) is 0 Å². The highest BCUT2D eigenvalue weighted by atomic mass is 16.4. The Morgan fingerprint density at radius 1 is 1.33 bits per heavy atom. The van der Waals surface area contributed by atoms with Gasteiger partial charge in [0.1, 0.15) is 5.82 Å². The molecule has 1 aromatic heterocycles. The number of hydrogen-bond acceptors (Lipinski definition) is 3. The van der Waals surface area contributed by atoms with E-state index in [0.717, 1.165) is 36.5 Å². The van der Waals surface area contributed by atoms with E-state index in [4.69, 9.17) is 0 Å². The van der Waals surface area contributed by atoms with Crippen molar-refractivity contribution in [3.63, 3.8) is 0 Å². The number of nitrogens with one attached hydrogen (secondary N) is 1. The molecule has 5 heteroatoms. The topological polar surface area (TPSA) is 67.1 Å². The molecular formula is C13H13N3O2. The summed E-state index contributed by atoms with van der Waals surface area (Å²) in [5.74, 6) is -0.158. The number of aromatic carboxylic acids is 1. The molecule has 5 nitrogen and oxygen atoms in total. The van der Waals surface area contributed by atoms with Crippen LogP contribution in [-0.4, -0.2) is 27.4 Å². The van der Waals surface area contributed by atoms with Gasteiger partial charge in [-0.1, -0.05) is 18.2 Å². The molecule has 0 radical (unpaired) electrons. The molecule has 0 bridgehead atoms. The Morgan fingerprint density at radius 3 is 2.83 bits per heavy atom. The zero-order valence-corrected chi connectivity index (χ0v) is 9.76. The van der Waals surface area contributed by atoms with Crippen LogP contribution in [-0.2, 0) is 6.42 Å². The molecule has 0 unspecified atom stereocenters. The van der Waals surface area contributed by atoms with E-state index in [1.54, 1.807) is 4.68 Å². The Morgan fingerprint density at radius 2 is 2.11 bits per heavy atom. The van der Waals surface area contributed by atoms with E-state index >= 15 is 0 Å². The number of rotatable bonds is 2. The second-order valence-electron chi connectivity index (χ2n) is 4.26. The monoisotopic (exact) mass is 243 g/mol. The number of fused-ring (bicyclic) bond motifs is 1. The molecule has 2 N–H and O–H groups in total. The first-order valence-corrected chi connectivity index (χ1v) is 5.92. The summed E-state index contributed by atoms with van der Waals surface area (Å²) in [6.07, 6.45) is 1.70. The van der Waals surface area contributed by atoms with Gasteiger partial charge in [0.2, 0.25) is 0 Å². The molecule has 0 amide bonds. The first-order valence-electron chi connectivity index (χ1n) is 5.92. The highest BCUT2D eigenvalue weighted by molar-refractivity contribution is 5.89. The summed E-state index contributed by atoms with van der Waals surface area (Å²) in [4.78, 5) is 11.2. The molecule has 3 rings (SSSR count). The number of carboxylic acid groups (broad SMARTS) is 1. The molecule has 1 aromatic carbocycles. The van der Waals surface area contributed by atoms with E-state index in [9.17, 15) is 9.90 Å². The second kappa shape index (κ2) is 4.18. The quantitative estimate of drug-likeness (QED) is 0.845. The maximum absolute atomic E-state index is 11.2. The van der Waals surface area contributed by atoms with Crippen molar-refractivity contribution in [1.82, 2.24) is 9.78 Å². The number of nitrogens with zero attached hydrogens (tertiary/aromatic N) is 2. The average Bonchev–Trinajstić information content (AvgIpc) is 2.79. The average molecular weight is 243 g/mol. The van der Waals surface area contributed by atoms with Crippen molar-refractivity contribution >= 4 is 11.8 Å². The lowest BCUT2D eigenvalue weighted by Gasteiger charge is -2.16. The molecule has 18 heavy (non-hydrogen) atoms. The summed E-state index contributed by atoms with van der Waals surface area (Å²) in [5.41, 5.74) is 1.83. The van der Waals surface area contributed by atoms with E-state index in [0.29, 0.717) is 0 Å². The summed E-state index contributed by atoms with van der Waals surface area (Å²) in [7, 11) is 0. The van der Waals surface area contributed by atoms with Gasteiger partial charge in [0.25, 0.3) is 0 Å². The largest absolute Gasteiger partial charge is 0.476 e. The smallest absolute Gasteiger partial charge is 0.356 e. The van der Waals surface area contributed by atoms with Crippen LogP contribution in [0, 0.1) is 0 Å². The Balaban J connectivity index is 2.18. The fourth-order valence-corrected chi connectivity index (χ4v) is 2.27. The van der Waals surface area contributed by atoms with Crippen LogP contribution in [0.3, 0.4) is 0 Å². The molecule has 0 atom stereocenters. The predicted molar refractivity (Wildman–Crippen MR) is 67.3 cm³/mol. The molecule has 0 fully saturated rings. The van der Waals surface area contributed by atoms with Crippen LogP contribution < -0.4 is 5.32 Å². The van der Waals surface area contributed by atoms with Crippen molar-refractivity contribution in [3.05, 3.63) is 41.6 Å². The van der Waals surface area contributed by atoms with Crippen LogP contribution in [0.25, 0.3) is 5.69 Å². The number of anilines is 1. The van der Waals surface area contributed by atoms with Gasteiger partial charge in [-0.05, 0) is 25.0 Å². The van der Waals surface area contributed by atoms with Gasteiger partial charge < -0.3 is 10.4 Å². The van der Waals surface area contributed by atoms with Gasteiger partial charge in [-0.25, -0.2) is 9.48 Å². The zero-order valence-electron chi connectivity index (χ0n) is 9.76. The molecule has 2 aromatic rings. The van der Waals surface area contributed by atoms with Crippen LogP contribution in [0.5, 0.6) is 0 Å². The third-order valence-electron chi connectivity index (χ3n) is 3.08. The Bertz CT molecular complexity index is 590. The summed E-state index contributed by atoms with van der Waals surface area (Å²) >= 11 is 0. The third-order valence-corrected chi connectivity index (χ3v) is 3.08. The predicted octanol–water partition coefficient (Wildman–Crippen LogP) is 1.93. The lowest BCUT2D eigenvalue weighted by molar-refractivity contribution is 0.0688. The van der Waals surface area contributed by atoms with Gasteiger partial charge >= 0.3 is 5.97 Å². The first kappa shape index (κ1) is 10.8. The molecule has 0 saturated heterocycles. The van der Waals surface area contributed by atoms with Crippen LogP contribution in [0.15, 0.2) is 30.3 Å². The minimum atomic E-state index is -0.968. The minimum Gasteiger partial charge on any atom is -0.476 e. The van der Waals surface area contributed by atoms with Gasteiger partial charge in [-0.3, -0.25) is 0 Å². The van der Waals surface area contributed by atoms with Crippen LogP contribution in [0.2, 0.25) is 0 Å². The number of carboxylic acids is 1. The molecule has 0 saturated carbocycles. The molecule has 0 aliphatic carbocycles. The Labute approximate surface area is 104 Å². The van der Waals surface area contributed by atoms with E-state index in [2.05, 4.69) is 10.4 Å². The van der Waals surface area contributed by atoms with Gasteiger partial charge in [0.05, 0.1) is 5.69 Å². The second-order valence-corrected chi connectivity index (χ2v) is 4.26. The van der Waals surface area contributed by atoms with Crippen molar-refractivity contribution in [2.45, 2.75) is 12.8 Å². The lowest BCUT2D eigenvalue weighted by atomic mass is 10.1. The van der Waals surface area contributed by atoms with Crippen LogP contribution in [0.4, 0.5) is 5.82 Å². The molecule has 2 heterocycles. The number of carbonyl (C=O) groups is 1. The number of aromatic nitrogens is 2. The van der Waals surface area contributed by atoms with E-state index in [1.165, 1.54) is 0 Å². The number of para-hydroxylation sites is 1. The Hall–Kier alpha value is -2.30. The van der Waals surface area contributed by atoms with Gasteiger partial charge in [-0.2, -0.15) is 5.10 Å². The zero-order chi connectivity index (χ0) is 12.5. The number of benzene rings is 1. The van der Waals surface area contributed by atoms with E-state index in [1.807, 2.05) is 30.3 Å². The fraction of sp³-hybridized carbons (Fsp3) is 0.231. The summed E-state index contributed by atoms with van der Waals surface area (Å²) < 4.78 is 1.68. The maximum Gasteiger partial charge on any atom is 0.356 e. The van der Waals surface area contributed by atoms with Crippen molar-refractivity contribution in [2.24, 2.45) is 0 Å². The van der Waals surface area contributed by atoms with Gasteiger partial charge in [0.15, 0.2) is 5.69 Å². The SMILES string of the molecule is O=C(O)c1nn(-c2ccccc2)c2c1CCCN2. The third kappa shape index (κ3) is 1.64. The normalized spacial score (nSPS) is 13.8. The van der Waals surface area contributed by atoms with E-state index < -0.39 is 5.97 Å². The molecule has 1 aliphatic rings.